The van der Waals surface area contributed by atoms with Crippen LogP contribution in [0.2, 0.25) is 0 Å². The smallest absolute Gasteiger partial charge is 0.226 e. The van der Waals surface area contributed by atoms with Gasteiger partial charge in [-0.05, 0) is 24.3 Å². The van der Waals surface area contributed by atoms with Crippen molar-refractivity contribution in [3.05, 3.63) is 45.9 Å². The van der Waals surface area contributed by atoms with Gasteiger partial charge in [0.2, 0.25) is 5.91 Å². The lowest BCUT2D eigenvalue weighted by atomic mass is 9.97. The Bertz CT molecular complexity index is 716. The standard InChI is InChI=1S/C21H27N3OS/c25-20(15-17-6-2-1-3-7-17)24-12-10-18(11-13-24)21-23-22-19(26-21)14-16-8-4-5-9-16/h1-3,6-7,16,18H,4-5,8-15H2. The molecule has 1 aromatic carbocycles. The van der Waals surface area contributed by atoms with Gasteiger partial charge in [0, 0.05) is 25.4 Å². The molecule has 0 radical (unpaired) electrons. The second-order valence-electron chi connectivity index (χ2n) is 7.71. The van der Waals surface area contributed by atoms with E-state index in [0.29, 0.717) is 12.3 Å². The first-order valence-electron chi connectivity index (χ1n) is 9.92. The molecule has 0 unspecified atom stereocenters. The van der Waals surface area contributed by atoms with Gasteiger partial charge >= 0.3 is 0 Å². The number of benzene rings is 1. The summed E-state index contributed by atoms with van der Waals surface area (Å²) in [4.78, 5) is 14.5. The zero-order valence-electron chi connectivity index (χ0n) is 15.3. The maximum atomic E-state index is 12.5. The predicted molar refractivity (Wildman–Crippen MR) is 104 cm³/mol. The van der Waals surface area contributed by atoms with Crippen LogP contribution in [0, 0.1) is 5.92 Å². The number of amides is 1. The van der Waals surface area contributed by atoms with Gasteiger partial charge in [-0.25, -0.2) is 0 Å². The van der Waals surface area contributed by atoms with Crippen LogP contribution in [-0.2, 0) is 17.6 Å². The highest BCUT2D eigenvalue weighted by Gasteiger charge is 2.26. The number of carbonyl (C=O) groups excluding carboxylic acids is 1. The molecule has 4 rings (SSSR count). The predicted octanol–water partition coefficient (Wildman–Crippen LogP) is 4.22. The SMILES string of the molecule is O=C(Cc1ccccc1)N1CCC(c2nnc(CC3CCCC3)s2)CC1. The summed E-state index contributed by atoms with van der Waals surface area (Å²) in [6.07, 6.45) is 9.13. The fraction of sp³-hybridized carbons (Fsp3) is 0.571. The average Bonchev–Trinajstić information content (AvgIpc) is 3.35. The third-order valence-electron chi connectivity index (χ3n) is 5.82. The number of carbonyl (C=O) groups is 1. The number of aromatic nitrogens is 2. The van der Waals surface area contributed by atoms with E-state index in [-0.39, 0.29) is 5.91 Å². The summed E-state index contributed by atoms with van der Waals surface area (Å²) in [7, 11) is 0. The van der Waals surface area contributed by atoms with Crippen molar-refractivity contribution in [1.29, 1.82) is 0 Å². The van der Waals surface area contributed by atoms with Crippen molar-refractivity contribution >= 4 is 17.2 Å². The average molecular weight is 370 g/mol. The van der Waals surface area contributed by atoms with Gasteiger partial charge in [-0.15, -0.1) is 21.5 Å². The lowest BCUT2D eigenvalue weighted by Gasteiger charge is -2.31. The molecule has 0 N–H and O–H groups in total. The molecule has 1 amide bonds. The second kappa shape index (κ2) is 8.30. The third-order valence-corrected chi connectivity index (χ3v) is 6.92. The first-order valence-corrected chi connectivity index (χ1v) is 10.7. The molecule has 0 bridgehead atoms. The molecule has 1 saturated heterocycles. The second-order valence-corrected chi connectivity index (χ2v) is 8.80. The van der Waals surface area contributed by atoms with Gasteiger partial charge in [0.05, 0.1) is 6.42 Å². The molecule has 26 heavy (non-hydrogen) atoms. The Kier molecular flexibility index (Phi) is 5.63. The summed E-state index contributed by atoms with van der Waals surface area (Å²) in [5, 5.41) is 11.3. The van der Waals surface area contributed by atoms with E-state index < -0.39 is 0 Å². The van der Waals surface area contributed by atoms with Crippen LogP contribution < -0.4 is 0 Å². The summed E-state index contributed by atoms with van der Waals surface area (Å²) >= 11 is 1.81. The molecule has 0 spiro atoms. The zero-order chi connectivity index (χ0) is 17.8. The summed E-state index contributed by atoms with van der Waals surface area (Å²) in [6, 6.07) is 10.0. The maximum Gasteiger partial charge on any atom is 0.226 e. The minimum Gasteiger partial charge on any atom is -0.342 e. The van der Waals surface area contributed by atoms with Gasteiger partial charge in [-0.3, -0.25) is 4.79 Å². The monoisotopic (exact) mass is 369 g/mol. The number of likely N-dealkylation sites (tertiary alicyclic amines) is 1. The minimum atomic E-state index is 0.244. The lowest BCUT2D eigenvalue weighted by molar-refractivity contribution is -0.131. The molecule has 1 saturated carbocycles. The van der Waals surface area contributed by atoms with E-state index in [2.05, 4.69) is 10.2 Å². The molecule has 2 aliphatic rings. The Hall–Kier alpha value is -1.75. The highest BCUT2D eigenvalue weighted by atomic mass is 32.1. The van der Waals surface area contributed by atoms with Crippen molar-refractivity contribution < 1.29 is 4.79 Å². The van der Waals surface area contributed by atoms with Crippen LogP contribution in [0.4, 0.5) is 0 Å². The number of hydrogen-bond donors (Lipinski definition) is 0. The van der Waals surface area contributed by atoms with Crippen molar-refractivity contribution in [2.24, 2.45) is 5.92 Å². The van der Waals surface area contributed by atoms with Crippen LogP contribution >= 0.6 is 11.3 Å². The van der Waals surface area contributed by atoms with Gasteiger partial charge in [0.1, 0.15) is 10.0 Å². The van der Waals surface area contributed by atoms with E-state index in [1.54, 1.807) is 0 Å². The van der Waals surface area contributed by atoms with Gasteiger partial charge in [-0.1, -0.05) is 56.0 Å². The fourth-order valence-electron chi connectivity index (χ4n) is 4.23. The van der Waals surface area contributed by atoms with E-state index in [1.807, 2.05) is 46.6 Å². The first-order chi connectivity index (χ1) is 12.8. The van der Waals surface area contributed by atoms with Crippen molar-refractivity contribution in [2.45, 2.75) is 57.3 Å². The summed E-state index contributed by atoms with van der Waals surface area (Å²) in [5.41, 5.74) is 1.10. The molecule has 1 aliphatic carbocycles. The number of nitrogens with zero attached hydrogens (tertiary/aromatic N) is 3. The number of hydrogen-bond acceptors (Lipinski definition) is 4. The zero-order valence-corrected chi connectivity index (χ0v) is 16.1. The quantitative estimate of drug-likeness (QED) is 0.793. The molecular formula is C21H27N3OS. The summed E-state index contributed by atoms with van der Waals surface area (Å²) in [6.45, 7) is 1.68. The van der Waals surface area contributed by atoms with Crippen LogP contribution in [-0.4, -0.2) is 34.1 Å². The molecule has 2 heterocycles. The van der Waals surface area contributed by atoms with E-state index in [4.69, 9.17) is 0 Å². The van der Waals surface area contributed by atoms with Crippen molar-refractivity contribution in [3.8, 4) is 0 Å². The molecule has 4 nitrogen and oxygen atoms in total. The maximum absolute atomic E-state index is 12.5. The van der Waals surface area contributed by atoms with Crippen LogP contribution in [0.25, 0.3) is 0 Å². The van der Waals surface area contributed by atoms with Crippen LogP contribution in [0.1, 0.15) is 60.0 Å². The highest BCUT2D eigenvalue weighted by Crippen LogP contribution is 2.33. The van der Waals surface area contributed by atoms with Crippen LogP contribution in [0.5, 0.6) is 0 Å². The third kappa shape index (κ3) is 4.32. The Labute approximate surface area is 159 Å². The van der Waals surface area contributed by atoms with E-state index in [0.717, 1.165) is 43.8 Å². The Morgan fingerprint density at radius 2 is 1.77 bits per heavy atom. The normalized spacial score (nSPS) is 19.2. The topological polar surface area (TPSA) is 46.1 Å². The molecule has 1 aliphatic heterocycles. The van der Waals surface area contributed by atoms with Crippen molar-refractivity contribution in [2.75, 3.05) is 13.1 Å². The molecule has 138 valence electrons. The Morgan fingerprint density at radius 3 is 2.50 bits per heavy atom. The van der Waals surface area contributed by atoms with Crippen LogP contribution in [0.3, 0.4) is 0 Å². The van der Waals surface area contributed by atoms with E-state index in [1.165, 1.54) is 35.7 Å². The lowest BCUT2D eigenvalue weighted by Crippen LogP contribution is -2.38. The molecule has 5 heteroatoms. The Morgan fingerprint density at radius 1 is 1.04 bits per heavy atom. The first kappa shape index (κ1) is 17.7. The van der Waals surface area contributed by atoms with Gasteiger partial charge in [0.25, 0.3) is 0 Å². The van der Waals surface area contributed by atoms with Gasteiger partial charge < -0.3 is 4.90 Å². The van der Waals surface area contributed by atoms with Gasteiger partial charge in [0.15, 0.2) is 0 Å². The largest absolute Gasteiger partial charge is 0.342 e. The van der Waals surface area contributed by atoms with Gasteiger partial charge in [-0.2, -0.15) is 0 Å². The number of rotatable bonds is 5. The van der Waals surface area contributed by atoms with E-state index >= 15 is 0 Å². The molecule has 1 aromatic heterocycles. The van der Waals surface area contributed by atoms with Crippen molar-refractivity contribution in [1.82, 2.24) is 15.1 Å². The van der Waals surface area contributed by atoms with E-state index in [9.17, 15) is 4.79 Å². The Balaban J connectivity index is 1.28. The molecule has 0 atom stereocenters. The number of piperidine rings is 1. The highest BCUT2D eigenvalue weighted by molar-refractivity contribution is 7.11. The molecule has 2 fully saturated rings. The summed E-state index contributed by atoms with van der Waals surface area (Å²) < 4.78 is 0. The molecule has 2 aromatic rings. The van der Waals surface area contributed by atoms with Crippen LogP contribution in [0.15, 0.2) is 30.3 Å². The summed E-state index contributed by atoms with van der Waals surface area (Å²) in [5.74, 6) is 1.55. The molecular weight excluding hydrogens is 342 g/mol. The minimum absolute atomic E-state index is 0.244. The fourth-order valence-corrected chi connectivity index (χ4v) is 5.36. The van der Waals surface area contributed by atoms with Crippen molar-refractivity contribution in [3.63, 3.8) is 0 Å².